The van der Waals surface area contributed by atoms with Crippen molar-refractivity contribution < 1.29 is 17.1 Å². The van der Waals surface area contributed by atoms with Gasteiger partial charge in [-0.3, -0.25) is 4.90 Å². The first-order chi connectivity index (χ1) is 10.3. The molecule has 1 atom stereocenters. The number of rotatable bonds is 8. The molecule has 0 saturated carbocycles. The average Bonchev–Trinajstić information content (AvgIpc) is 2.95. The minimum Gasteiger partial charge on any atom is -1.00 e. The van der Waals surface area contributed by atoms with Crippen molar-refractivity contribution in [3.63, 3.8) is 0 Å². The van der Waals surface area contributed by atoms with Crippen molar-refractivity contribution in [1.29, 1.82) is 0 Å². The van der Waals surface area contributed by atoms with E-state index in [0.29, 0.717) is 12.6 Å². The largest absolute Gasteiger partial charge is 1.00 e. The molecule has 1 aromatic heterocycles. The van der Waals surface area contributed by atoms with Crippen molar-refractivity contribution in [2.45, 2.75) is 38.8 Å². The summed E-state index contributed by atoms with van der Waals surface area (Å²) in [4.78, 5) is 4.91. The molecule has 7 nitrogen and oxygen atoms in total. The minimum absolute atomic E-state index is 0. The van der Waals surface area contributed by atoms with E-state index in [4.69, 9.17) is 4.74 Å². The quantitative estimate of drug-likeness (QED) is 0.539. The lowest BCUT2D eigenvalue weighted by molar-refractivity contribution is -0.00000516. The Morgan fingerprint density at radius 1 is 1.23 bits per heavy atom. The molecule has 1 aromatic rings. The van der Waals surface area contributed by atoms with Crippen LogP contribution in [-0.4, -0.2) is 77.0 Å². The molecule has 0 N–H and O–H groups in total. The van der Waals surface area contributed by atoms with E-state index in [-0.39, 0.29) is 12.4 Å². The Balaban J connectivity index is 0.00000242. The summed E-state index contributed by atoms with van der Waals surface area (Å²) in [6, 6.07) is 0.325. The highest BCUT2D eigenvalue weighted by Gasteiger charge is 2.27. The van der Waals surface area contributed by atoms with Gasteiger partial charge in [0.15, 0.2) is 5.82 Å². The third-order valence-electron chi connectivity index (χ3n) is 4.17. The van der Waals surface area contributed by atoms with Gasteiger partial charge in [0.1, 0.15) is 0 Å². The van der Waals surface area contributed by atoms with Crippen LogP contribution in [0.1, 0.15) is 38.1 Å². The van der Waals surface area contributed by atoms with Gasteiger partial charge in [-0.2, -0.15) is 0 Å². The van der Waals surface area contributed by atoms with Crippen LogP contribution in [0.4, 0.5) is 0 Å². The lowest BCUT2D eigenvalue weighted by Crippen LogP contribution is -3.00. The Kier molecular flexibility index (Phi) is 8.85. The van der Waals surface area contributed by atoms with E-state index in [1.807, 2.05) is 4.68 Å². The summed E-state index contributed by atoms with van der Waals surface area (Å²) in [6.45, 7) is 7.99. The monoisotopic (exact) mass is 331 g/mol. The van der Waals surface area contributed by atoms with Gasteiger partial charge < -0.3 is 22.0 Å². The molecule has 1 unspecified atom stereocenters. The molecule has 0 bridgehead atoms. The summed E-state index contributed by atoms with van der Waals surface area (Å²) in [7, 11) is 3.89. The lowest BCUT2D eigenvalue weighted by atomic mass is 10.1. The second kappa shape index (κ2) is 10.1. The molecule has 1 saturated heterocycles. The Labute approximate surface area is 139 Å². The minimum atomic E-state index is 0. The molecule has 0 radical (unpaired) electrons. The third-order valence-corrected chi connectivity index (χ3v) is 4.17. The van der Waals surface area contributed by atoms with Crippen molar-refractivity contribution in [3.8, 4) is 0 Å². The first kappa shape index (κ1) is 19.3. The molecule has 2 heterocycles. The summed E-state index contributed by atoms with van der Waals surface area (Å²) in [6.07, 6.45) is 3.52. The first-order valence-electron chi connectivity index (χ1n) is 7.93. The fraction of sp³-hybridized carbons (Fsp3) is 0.929. The first-order valence-corrected chi connectivity index (χ1v) is 7.93. The van der Waals surface area contributed by atoms with E-state index in [9.17, 15) is 0 Å². The van der Waals surface area contributed by atoms with Gasteiger partial charge in [0, 0.05) is 33.3 Å². The van der Waals surface area contributed by atoms with Crippen LogP contribution in [0.3, 0.4) is 0 Å². The molecule has 128 valence electrons. The molecule has 8 heteroatoms. The zero-order valence-electron chi connectivity index (χ0n) is 13.9. The maximum absolute atomic E-state index is 5.15. The fourth-order valence-electron chi connectivity index (χ4n) is 2.79. The number of halogens is 1. The van der Waals surface area contributed by atoms with Gasteiger partial charge in [0.05, 0.1) is 19.2 Å². The van der Waals surface area contributed by atoms with Gasteiger partial charge >= 0.3 is 0 Å². The molecule has 22 heavy (non-hydrogen) atoms. The van der Waals surface area contributed by atoms with Gasteiger partial charge in [-0.05, 0) is 23.9 Å². The third kappa shape index (κ3) is 5.15. The van der Waals surface area contributed by atoms with Crippen LogP contribution in [0.2, 0.25) is 0 Å². The number of aromatic nitrogens is 4. The summed E-state index contributed by atoms with van der Waals surface area (Å²) < 4.78 is 7.06. The molecular formula is C14H28ClN6O-. The molecule has 2 rings (SSSR count). The topological polar surface area (TPSA) is 59.3 Å². The van der Waals surface area contributed by atoms with E-state index >= 15 is 0 Å². The Morgan fingerprint density at radius 3 is 2.59 bits per heavy atom. The fourth-order valence-corrected chi connectivity index (χ4v) is 2.79. The van der Waals surface area contributed by atoms with E-state index in [1.165, 1.54) is 12.8 Å². The van der Waals surface area contributed by atoms with E-state index in [0.717, 1.165) is 45.0 Å². The van der Waals surface area contributed by atoms with Crippen LogP contribution >= 0.6 is 0 Å². The normalized spacial score (nSPS) is 18.1. The maximum Gasteiger partial charge on any atom is 0.168 e. The van der Waals surface area contributed by atoms with Crippen LogP contribution in [0.5, 0.6) is 0 Å². The van der Waals surface area contributed by atoms with Crippen molar-refractivity contribution in [1.82, 2.24) is 30.0 Å². The van der Waals surface area contributed by atoms with Gasteiger partial charge in [-0.1, -0.05) is 19.8 Å². The molecule has 0 aromatic carbocycles. The lowest BCUT2D eigenvalue weighted by Gasteiger charge is -2.37. The van der Waals surface area contributed by atoms with Gasteiger partial charge in [-0.25, -0.2) is 4.68 Å². The second-order valence-electron chi connectivity index (χ2n) is 5.75. The molecule has 1 aliphatic rings. The van der Waals surface area contributed by atoms with Crippen LogP contribution in [0.25, 0.3) is 0 Å². The van der Waals surface area contributed by atoms with Crippen LogP contribution in [-0.2, 0) is 11.3 Å². The van der Waals surface area contributed by atoms with E-state index < -0.39 is 0 Å². The SMILES string of the molecule is CCCCC(c1nnnn1CCOC)N1CCN(C)CC1.[Cl-]. The predicted molar refractivity (Wildman–Crippen MR) is 81.0 cm³/mol. The smallest absolute Gasteiger partial charge is 0.168 e. The van der Waals surface area contributed by atoms with Crippen LogP contribution in [0, 0.1) is 0 Å². The number of nitrogens with zero attached hydrogens (tertiary/aromatic N) is 6. The zero-order chi connectivity index (χ0) is 15.1. The van der Waals surface area contributed by atoms with Crippen molar-refractivity contribution in [2.75, 3.05) is 46.9 Å². The second-order valence-corrected chi connectivity index (χ2v) is 5.75. The number of tetrazole rings is 1. The molecule has 0 amide bonds. The van der Waals surface area contributed by atoms with E-state index in [1.54, 1.807) is 7.11 Å². The Bertz CT molecular complexity index is 408. The Morgan fingerprint density at radius 2 is 1.95 bits per heavy atom. The summed E-state index contributed by atoms with van der Waals surface area (Å²) in [5.41, 5.74) is 0. The number of hydrogen-bond acceptors (Lipinski definition) is 6. The summed E-state index contributed by atoms with van der Waals surface area (Å²) >= 11 is 0. The molecular weight excluding hydrogens is 304 g/mol. The zero-order valence-corrected chi connectivity index (χ0v) is 14.7. The molecule has 1 fully saturated rings. The standard InChI is InChI=1S/C14H28N6O.ClH/c1-4-5-6-13(19-9-7-18(2)8-10-19)14-15-16-17-20(14)11-12-21-3;/h13H,4-12H2,1-3H3;1H/p-1. The van der Waals surface area contributed by atoms with E-state index in [2.05, 4.69) is 39.3 Å². The molecule has 1 aliphatic heterocycles. The Hall–Kier alpha value is -0.760. The number of hydrogen-bond donors (Lipinski definition) is 0. The molecule has 0 spiro atoms. The number of likely N-dealkylation sites (N-methyl/N-ethyl adjacent to an activating group) is 1. The van der Waals surface area contributed by atoms with Gasteiger partial charge in [0.2, 0.25) is 0 Å². The van der Waals surface area contributed by atoms with Gasteiger partial charge in [0.25, 0.3) is 0 Å². The van der Waals surface area contributed by atoms with Crippen LogP contribution < -0.4 is 12.4 Å². The predicted octanol–water partition coefficient (Wildman–Crippen LogP) is -2.20. The van der Waals surface area contributed by atoms with Gasteiger partial charge in [-0.15, -0.1) is 5.10 Å². The average molecular weight is 332 g/mol. The maximum atomic E-state index is 5.15. The summed E-state index contributed by atoms with van der Waals surface area (Å²) in [5, 5.41) is 12.3. The summed E-state index contributed by atoms with van der Waals surface area (Å²) in [5.74, 6) is 0.991. The van der Waals surface area contributed by atoms with Crippen LogP contribution in [0.15, 0.2) is 0 Å². The van der Waals surface area contributed by atoms with Crippen molar-refractivity contribution in [3.05, 3.63) is 5.82 Å². The highest BCUT2D eigenvalue weighted by atomic mass is 35.5. The number of piperazine rings is 1. The van der Waals surface area contributed by atoms with Crippen molar-refractivity contribution in [2.24, 2.45) is 0 Å². The number of unbranched alkanes of at least 4 members (excludes halogenated alkanes) is 1. The number of methoxy groups -OCH3 is 1. The highest BCUT2D eigenvalue weighted by molar-refractivity contribution is 4.95. The number of ether oxygens (including phenoxy) is 1. The highest BCUT2D eigenvalue weighted by Crippen LogP contribution is 2.25. The molecule has 0 aliphatic carbocycles. The van der Waals surface area contributed by atoms with Crippen molar-refractivity contribution >= 4 is 0 Å².